The topological polar surface area (TPSA) is 64.4 Å². The van der Waals surface area contributed by atoms with Gasteiger partial charge in [0.05, 0.1) is 17.4 Å². The van der Waals surface area contributed by atoms with E-state index in [4.69, 9.17) is 16.4 Å². The zero-order valence-electron chi connectivity index (χ0n) is 6.94. The number of nitrogens with zero attached hydrogens (tertiary/aromatic N) is 3. The molecule has 0 aromatic carbocycles. The second-order valence-corrected chi connectivity index (χ2v) is 3.21. The van der Waals surface area contributed by atoms with Crippen LogP contribution in [0.15, 0.2) is 9.95 Å². The summed E-state index contributed by atoms with van der Waals surface area (Å²) in [6, 6.07) is 0. The predicted molar refractivity (Wildman–Crippen MR) is 50.6 cm³/mol. The summed E-state index contributed by atoms with van der Waals surface area (Å²) in [6.07, 6.45) is 0. The molecule has 0 saturated carbocycles. The molecule has 0 amide bonds. The minimum absolute atomic E-state index is 0.147. The molecule has 0 bridgehead atoms. The van der Waals surface area contributed by atoms with Crippen LogP contribution in [-0.4, -0.2) is 14.5 Å². The number of aromatic nitrogens is 2. The molecule has 70 valence electrons. The Labute approximate surface area is 83.3 Å². The first-order chi connectivity index (χ1) is 6.11. The minimum Gasteiger partial charge on any atom is -0.331 e. The van der Waals surface area contributed by atoms with E-state index in [1.54, 1.807) is 13.8 Å². The van der Waals surface area contributed by atoms with E-state index >= 15 is 0 Å². The van der Waals surface area contributed by atoms with Gasteiger partial charge in [0.1, 0.15) is 0 Å². The van der Waals surface area contributed by atoms with Crippen molar-refractivity contribution in [3.63, 3.8) is 0 Å². The minimum atomic E-state index is -0.551. The fourth-order valence-corrected chi connectivity index (χ4v) is 1.02. The zero-order chi connectivity index (χ0) is 9.84. The smallest absolute Gasteiger partial charge is 0.311 e. The Kier molecular flexibility index (Phi) is 3.32. The lowest BCUT2D eigenvalue weighted by Crippen LogP contribution is -2.08. The molecule has 0 aliphatic heterocycles. The molecule has 13 heavy (non-hydrogen) atoms. The lowest BCUT2D eigenvalue weighted by atomic mass is 10.5. The standard InChI is InChI=1S/C6H6ClN3O2S/c1-3(2)8-12-6-4(11)5(7)9-13-10-6/h1-2H3. The highest BCUT2D eigenvalue weighted by atomic mass is 35.5. The van der Waals surface area contributed by atoms with Gasteiger partial charge >= 0.3 is 5.88 Å². The number of halogens is 1. The van der Waals surface area contributed by atoms with Gasteiger partial charge in [-0.3, -0.25) is 4.79 Å². The van der Waals surface area contributed by atoms with Crippen molar-refractivity contribution in [2.75, 3.05) is 0 Å². The van der Waals surface area contributed by atoms with Gasteiger partial charge in [0.25, 0.3) is 5.43 Å². The van der Waals surface area contributed by atoms with Gasteiger partial charge < -0.3 is 4.84 Å². The summed E-state index contributed by atoms with van der Waals surface area (Å²) < 4.78 is 7.14. The molecular weight excluding hydrogens is 214 g/mol. The molecule has 0 unspecified atom stereocenters. The number of oxime groups is 1. The molecule has 0 fully saturated rings. The molecule has 0 atom stereocenters. The molecule has 1 aromatic heterocycles. The molecule has 0 radical (unpaired) electrons. The average Bonchev–Trinajstić information content (AvgIpc) is 2.07. The van der Waals surface area contributed by atoms with Crippen LogP contribution >= 0.6 is 23.3 Å². The predicted octanol–water partition coefficient (Wildman–Crippen LogP) is 1.33. The van der Waals surface area contributed by atoms with Crippen molar-refractivity contribution >= 4 is 29.0 Å². The fourth-order valence-electron chi connectivity index (χ4n) is 0.457. The van der Waals surface area contributed by atoms with Gasteiger partial charge in [-0.05, 0) is 13.8 Å². The third-order valence-electron chi connectivity index (χ3n) is 0.941. The SMILES string of the molecule is CC(C)=NOc1nsnc(Cl)c1=O. The first-order valence-electron chi connectivity index (χ1n) is 3.32. The van der Waals surface area contributed by atoms with Crippen molar-refractivity contribution in [2.45, 2.75) is 13.8 Å². The summed E-state index contributed by atoms with van der Waals surface area (Å²) in [4.78, 5) is 15.9. The second kappa shape index (κ2) is 4.29. The van der Waals surface area contributed by atoms with Crippen molar-refractivity contribution in [2.24, 2.45) is 5.16 Å². The largest absolute Gasteiger partial charge is 0.331 e. The molecule has 0 N–H and O–H groups in total. The Morgan fingerprint density at radius 3 is 2.85 bits per heavy atom. The van der Waals surface area contributed by atoms with Crippen LogP contribution in [0.4, 0.5) is 0 Å². The highest BCUT2D eigenvalue weighted by molar-refractivity contribution is 6.99. The van der Waals surface area contributed by atoms with Crippen LogP contribution < -0.4 is 10.3 Å². The number of rotatable bonds is 2. The van der Waals surface area contributed by atoms with Gasteiger partial charge in [0.2, 0.25) is 0 Å². The van der Waals surface area contributed by atoms with Crippen LogP contribution in [0.5, 0.6) is 5.88 Å². The van der Waals surface area contributed by atoms with Gasteiger partial charge in [-0.15, -0.1) is 4.37 Å². The normalized spacial score (nSPS) is 9.46. The summed E-state index contributed by atoms with van der Waals surface area (Å²) in [6.45, 7) is 3.47. The van der Waals surface area contributed by atoms with E-state index in [0.717, 1.165) is 11.7 Å². The Morgan fingerprint density at radius 2 is 2.23 bits per heavy atom. The van der Waals surface area contributed by atoms with Crippen molar-refractivity contribution in [1.29, 1.82) is 0 Å². The van der Waals surface area contributed by atoms with Crippen LogP contribution in [0.3, 0.4) is 0 Å². The zero-order valence-corrected chi connectivity index (χ0v) is 8.52. The quantitative estimate of drug-likeness (QED) is 0.556. The maximum Gasteiger partial charge on any atom is 0.311 e. The summed E-state index contributed by atoms with van der Waals surface area (Å²) in [5.41, 5.74) is 0.129. The monoisotopic (exact) mass is 219 g/mol. The first-order valence-corrected chi connectivity index (χ1v) is 4.42. The van der Waals surface area contributed by atoms with E-state index in [1.807, 2.05) is 0 Å². The molecular formula is C6H6ClN3O2S. The molecule has 1 aromatic rings. The third-order valence-corrected chi connectivity index (χ3v) is 1.81. The summed E-state index contributed by atoms with van der Waals surface area (Å²) in [7, 11) is 0. The molecule has 0 aliphatic rings. The van der Waals surface area contributed by atoms with Crippen molar-refractivity contribution in [1.82, 2.24) is 8.75 Å². The van der Waals surface area contributed by atoms with Crippen LogP contribution in [0.1, 0.15) is 13.8 Å². The van der Waals surface area contributed by atoms with Gasteiger partial charge in [-0.2, -0.15) is 4.37 Å². The summed E-state index contributed by atoms with van der Waals surface area (Å²) in [5, 5.41) is 3.42. The Bertz CT molecular complexity index is 386. The van der Waals surface area contributed by atoms with E-state index in [9.17, 15) is 4.79 Å². The highest BCUT2D eigenvalue weighted by Crippen LogP contribution is 2.04. The average molecular weight is 220 g/mol. The molecule has 1 heterocycles. The van der Waals surface area contributed by atoms with E-state index in [0.29, 0.717) is 5.71 Å². The van der Waals surface area contributed by atoms with Crippen LogP contribution in [-0.2, 0) is 0 Å². The van der Waals surface area contributed by atoms with E-state index in [1.165, 1.54) is 0 Å². The van der Waals surface area contributed by atoms with Crippen LogP contribution in [0, 0.1) is 0 Å². The summed E-state index contributed by atoms with van der Waals surface area (Å²) >= 11 is 6.24. The first kappa shape index (κ1) is 10.1. The molecule has 0 saturated heterocycles. The summed E-state index contributed by atoms with van der Waals surface area (Å²) in [5.74, 6) is -0.147. The maximum absolute atomic E-state index is 11.1. The molecule has 0 aliphatic carbocycles. The number of hydrogen-bond acceptors (Lipinski definition) is 6. The molecule has 1 rings (SSSR count). The second-order valence-electron chi connectivity index (χ2n) is 2.32. The lowest BCUT2D eigenvalue weighted by molar-refractivity contribution is 0.326. The van der Waals surface area contributed by atoms with Gasteiger partial charge in [-0.25, -0.2) is 0 Å². The van der Waals surface area contributed by atoms with Crippen molar-refractivity contribution in [3.8, 4) is 5.88 Å². The Balaban J connectivity index is 2.97. The van der Waals surface area contributed by atoms with Gasteiger partial charge in [-0.1, -0.05) is 16.8 Å². The number of hydrogen-bond donors (Lipinski definition) is 0. The van der Waals surface area contributed by atoms with Crippen LogP contribution in [0.2, 0.25) is 5.15 Å². The van der Waals surface area contributed by atoms with Crippen molar-refractivity contribution < 1.29 is 4.84 Å². The highest BCUT2D eigenvalue weighted by Gasteiger charge is 2.07. The van der Waals surface area contributed by atoms with E-state index < -0.39 is 5.43 Å². The van der Waals surface area contributed by atoms with Gasteiger partial charge in [0.15, 0.2) is 5.15 Å². The molecule has 0 spiro atoms. The molecule has 7 heteroatoms. The van der Waals surface area contributed by atoms with Crippen molar-refractivity contribution in [3.05, 3.63) is 15.4 Å². The fraction of sp³-hybridized carbons (Fsp3) is 0.333. The third kappa shape index (κ3) is 2.74. The molecule has 5 nitrogen and oxygen atoms in total. The van der Waals surface area contributed by atoms with E-state index in [2.05, 4.69) is 13.9 Å². The van der Waals surface area contributed by atoms with E-state index in [-0.39, 0.29) is 11.0 Å². The van der Waals surface area contributed by atoms with Gasteiger partial charge in [0, 0.05) is 0 Å². The Hall–Kier alpha value is -1.01. The van der Waals surface area contributed by atoms with Crippen LogP contribution in [0.25, 0.3) is 0 Å². The lowest BCUT2D eigenvalue weighted by Gasteiger charge is -1.94. The maximum atomic E-state index is 11.1. The Morgan fingerprint density at radius 1 is 1.54 bits per heavy atom.